The Bertz CT molecular complexity index is 464. The first-order chi connectivity index (χ1) is 6.76. The van der Waals surface area contributed by atoms with E-state index in [0.29, 0.717) is 5.15 Å². The monoisotopic (exact) mass is 210 g/mol. The number of aryl methyl sites for hydroxylation is 1. The van der Waals surface area contributed by atoms with E-state index in [9.17, 15) is 0 Å². The highest BCUT2D eigenvalue weighted by atomic mass is 35.5. The molecule has 3 nitrogen and oxygen atoms in total. The quantitative estimate of drug-likeness (QED) is 0.762. The van der Waals surface area contributed by atoms with Crippen molar-refractivity contribution in [2.45, 2.75) is 13.5 Å². The van der Waals surface area contributed by atoms with Crippen molar-refractivity contribution in [3.63, 3.8) is 0 Å². The summed E-state index contributed by atoms with van der Waals surface area (Å²) in [4.78, 5) is 0. The van der Waals surface area contributed by atoms with E-state index in [4.69, 9.17) is 16.3 Å². The average Bonchev–Trinajstić information content (AvgIpc) is 2.55. The molecule has 0 unspecified atom stereocenters. The van der Waals surface area contributed by atoms with Gasteiger partial charge >= 0.3 is 0 Å². The lowest BCUT2D eigenvalue weighted by Gasteiger charge is -1.97. The van der Waals surface area contributed by atoms with Crippen molar-refractivity contribution in [3.8, 4) is 5.75 Å². The first-order valence-corrected chi connectivity index (χ1v) is 4.84. The number of ether oxygens (including phenoxy) is 1. The summed E-state index contributed by atoms with van der Waals surface area (Å²) in [6.45, 7) is 2.78. The molecule has 0 radical (unpaired) electrons. The van der Waals surface area contributed by atoms with E-state index in [1.54, 1.807) is 11.8 Å². The molecule has 4 heteroatoms. The molecule has 0 spiro atoms. The zero-order valence-corrected chi connectivity index (χ0v) is 8.88. The summed E-state index contributed by atoms with van der Waals surface area (Å²) < 4.78 is 6.89. The summed E-state index contributed by atoms with van der Waals surface area (Å²) in [7, 11) is 1.64. The second-order valence-corrected chi connectivity index (χ2v) is 3.35. The molecule has 1 aromatic heterocycles. The zero-order chi connectivity index (χ0) is 10.1. The summed E-state index contributed by atoms with van der Waals surface area (Å²) in [5, 5.41) is 5.94. The van der Waals surface area contributed by atoms with Gasteiger partial charge in [0.2, 0.25) is 0 Å². The predicted octanol–water partition coefficient (Wildman–Crippen LogP) is 2.72. The summed E-state index contributed by atoms with van der Waals surface area (Å²) >= 11 is 6.13. The smallest absolute Gasteiger partial charge is 0.135 e. The van der Waals surface area contributed by atoms with Gasteiger partial charge in [-0.05, 0) is 25.1 Å². The van der Waals surface area contributed by atoms with Gasteiger partial charge in [0.05, 0.1) is 12.6 Å². The second-order valence-electron chi connectivity index (χ2n) is 2.99. The molecule has 0 atom stereocenters. The Morgan fingerprint density at radius 1 is 1.50 bits per heavy atom. The molecule has 0 amide bonds. The first kappa shape index (κ1) is 9.34. The summed E-state index contributed by atoms with van der Waals surface area (Å²) in [6.07, 6.45) is 0. The van der Waals surface area contributed by atoms with Crippen molar-refractivity contribution in [1.29, 1.82) is 0 Å². The molecule has 1 heterocycles. The largest absolute Gasteiger partial charge is 0.497 e. The lowest BCUT2D eigenvalue weighted by atomic mass is 10.2. The molecule has 1 aromatic carbocycles. The first-order valence-electron chi connectivity index (χ1n) is 4.46. The van der Waals surface area contributed by atoms with Crippen molar-refractivity contribution in [1.82, 2.24) is 9.78 Å². The van der Waals surface area contributed by atoms with Crippen LogP contribution in [0.2, 0.25) is 5.15 Å². The van der Waals surface area contributed by atoms with Gasteiger partial charge in [-0.2, -0.15) is 5.10 Å². The fourth-order valence-electron chi connectivity index (χ4n) is 1.42. The van der Waals surface area contributed by atoms with Crippen LogP contribution >= 0.6 is 11.6 Å². The number of fused-ring (bicyclic) bond motifs is 1. The number of benzene rings is 1. The van der Waals surface area contributed by atoms with E-state index >= 15 is 0 Å². The zero-order valence-electron chi connectivity index (χ0n) is 8.12. The molecule has 0 aliphatic heterocycles. The van der Waals surface area contributed by atoms with Gasteiger partial charge < -0.3 is 4.74 Å². The second kappa shape index (κ2) is 3.50. The molecule has 0 aliphatic rings. The van der Waals surface area contributed by atoms with E-state index in [1.165, 1.54) is 0 Å². The fraction of sp³-hybridized carbons (Fsp3) is 0.300. The number of aromatic nitrogens is 2. The molecule has 0 saturated heterocycles. The molecule has 0 aliphatic carbocycles. The topological polar surface area (TPSA) is 27.1 Å². The molecule has 2 aromatic rings. The van der Waals surface area contributed by atoms with Crippen molar-refractivity contribution >= 4 is 22.5 Å². The number of methoxy groups -OCH3 is 1. The van der Waals surface area contributed by atoms with Crippen LogP contribution < -0.4 is 4.74 Å². The van der Waals surface area contributed by atoms with Gasteiger partial charge in [0.1, 0.15) is 10.9 Å². The number of hydrogen-bond acceptors (Lipinski definition) is 2. The number of hydrogen-bond donors (Lipinski definition) is 0. The maximum absolute atomic E-state index is 6.13. The molecule has 2 rings (SSSR count). The molecule has 14 heavy (non-hydrogen) atoms. The Kier molecular flexibility index (Phi) is 2.33. The van der Waals surface area contributed by atoms with Crippen molar-refractivity contribution in [3.05, 3.63) is 23.4 Å². The Morgan fingerprint density at radius 3 is 2.93 bits per heavy atom. The third-order valence-corrected chi connectivity index (χ3v) is 2.58. The molecular formula is C10H11ClN2O. The van der Waals surface area contributed by atoms with Gasteiger partial charge in [-0.15, -0.1) is 0 Å². The van der Waals surface area contributed by atoms with E-state index < -0.39 is 0 Å². The molecule has 0 N–H and O–H groups in total. The minimum atomic E-state index is 0.668. The molecule has 0 saturated carbocycles. The van der Waals surface area contributed by atoms with Crippen LogP contribution in [0.25, 0.3) is 10.9 Å². The minimum absolute atomic E-state index is 0.668. The van der Waals surface area contributed by atoms with Crippen LogP contribution in [0, 0.1) is 0 Å². The summed E-state index contributed by atoms with van der Waals surface area (Å²) in [6, 6.07) is 5.69. The molecule has 0 bridgehead atoms. The Labute approximate surface area is 87.2 Å². The van der Waals surface area contributed by atoms with E-state index in [2.05, 4.69) is 5.10 Å². The fourth-order valence-corrected chi connectivity index (χ4v) is 1.73. The highest BCUT2D eigenvalue weighted by molar-refractivity contribution is 6.34. The Balaban J connectivity index is 2.68. The van der Waals surface area contributed by atoms with Crippen molar-refractivity contribution < 1.29 is 4.74 Å². The van der Waals surface area contributed by atoms with Crippen LogP contribution in [0.15, 0.2) is 18.2 Å². The normalized spacial score (nSPS) is 10.8. The maximum atomic E-state index is 6.13. The average molecular weight is 211 g/mol. The lowest BCUT2D eigenvalue weighted by molar-refractivity contribution is 0.415. The van der Waals surface area contributed by atoms with Gasteiger partial charge in [0.25, 0.3) is 0 Å². The SMILES string of the molecule is CCn1nc2ccc(OC)cc2c1Cl. The van der Waals surface area contributed by atoms with Gasteiger partial charge in [-0.1, -0.05) is 11.6 Å². The highest BCUT2D eigenvalue weighted by Crippen LogP contribution is 2.26. The molecule has 0 fully saturated rings. The van der Waals surface area contributed by atoms with E-state index in [1.807, 2.05) is 25.1 Å². The van der Waals surface area contributed by atoms with E-state index in [0.717, 1.165) is 23.2 Å². The maximum Gasteiger partial charge on any atom is 0.135 e. The van der Waals surface area contributed by atoms with Crippen LogP contribution in [0.5, 0.6) is 5.75 Å². The Hall–Kier alpha value is -1.22. The van der Waals surface area contributed by atoms with Crippen molar-refractivity contribution in [2.24, 2.45) is 0 Å². The van der Waals surface area contributed by atoms with Crippen molar-refractivity contribution in [2.75, 3.05) is 7.11 Å². The van der Waals surface area contributed by atoms with Crippen LogP contribution in [0.3, 0.4) is 0 Å². The van der Waals surface area contributed by atoms with Gasteiger partial charge in [-0.3, -0.25) is 4.68 Å². The van der Waals surface area contributed by atoms with Crippen LogP contribution in [-0.4, -0.2) is 16.9 Å². The Morgan fingerprint density at radius 2 is 2.29 bits per heavy atom. The van der Waals surface area contributed by atoms with Gasteiger partial charge in [0, 0.05) is 11.9 Å². The van der Waals surface area contributed by atoms with Crippen LogP contribution in [-0.2, 0) is 6.54 Å². The van der Waals surface area contributed by atoms with Gasteiger partial charge in [-0.25, -0.2) is 0 Å². The number of halogens is 1. The van der Waals surface area contributed by atoms with E-state index in [-0.39, 0.29) is 0 Å². The number of rotatable bonds is 2. The minimum Gasteiger partial charge on any atom is -0.497 e. The molecule has 74 valence electrons. The standard InChI is InChI=1S/C10H11ClN2O/c1-3-13-10(11)8-6-7(14-2)4-5-9(8)12-13/h4-6H,3H2,1-2H3. The lowest BCUT2D eigenvalue weighted by Crippen LogP contribution is -1.94. The third kappa shape index (κ3) is 1.34. The molecular weight excluding hydrogens is 200 g/mol. The highest BCUT2D eigenvalue weighted by Gasteiger charge is 2.08. The summed E-state index contributed by atoms with van der Waals surface area (Å²) in [5.41, 5.74) is 0.901. The van der Waals surface area contributed by atoms with Crippen LogP contribution in [0.1, 0.15) is 6.92 Å². The summed E-state index contributed by atoms with van der Waals surface area (Å²) in [5.74, 6) is 0.801. The van der Waals surface area contributed by atoms with Gasteiger partial charge in [0.15, 0.2) is 0 Å². The van der Waals surface area contributed by atoms with Crippen LogP contribution in [0.4, 0.5) is 0 Å². The predicted molar refractivity (Wildman–Crippen MR) is 57.0 cm³/mol. The number of nitrogens with zero attached hydrogens (tertiary/aromatic N) is 2. The third-order valence-electron chi connectivity index (χ3n) is 2.18.